The van der Waals surface area contributed by atoms with Crippen LogP contribution in [0.4, 0.5) is 0 Å². The number of carbonyl (C=O) groups excluding carboxylic acids is 3. The fraction of sp³-hybridized carbons (Fsp3) is 0.188. The van der Waals surface area contributed by atoms with Gasteiger partial charge in [0.15, 0.2) is 13.2 Å². The van der Waals surface area contributed by atoms with E-state index in [9.17, 15) is 14.4 Å². The summed E-state index contributed by atoms with van der Waals surface area (Å²) < 4.78 is 10.1. The number of carbonyl (C=O) groups is 3. The molecule has 1 amide bonds. The Kier molecular flexibility index (Phi) is 5.48. The number of benzene rings is 1. The van der Waals surface area contributed by atoms with Crippen molar-refractivity contribution < 1.29 is 23.9 Å². The molecule has 0 fully saturated rings. The zero-order chi connectivity index (χ0) is 16.8. The molecule has 2 aromatic rings. The molecule has 0 unspecified atom stereocenters. The first-order valence-electron chi connectivity index (χ1n) is 6.73. The smallest absolute Gasteiger partial charge is 0.338 e. The van der Waals surface area contributed by atoms with Crippen LogP contribution in [0.3, 0.4) is 0 Å². The van der Waals surface area contributed by atoms with Gasteiger partial charge in [0.1, 0.15) is 5.75 Å². The number of esters is 1. The molecule has 0 atom stereocenters. The number of aryl methyl sites for hydroxylation is 1. The van der Waals surface area contributed by atoms with E-state index in [1.54, 1.807) is 6.07 Å². The Morgan fingerprint density at radius 1 is 1.04 bits per heavy atom. The number of ketones is 1. The molecule has 2 rings (SSSR count). The minimum absolute atomic E-state index is 0.238. The third-order valence-corrected chi connectivity index (χ3v) is 3.86. The van der Waals surface area contributed by atoms with Crippen molar-refractivity contribution in [3.63, 3.8) is 0 Å². The summed E-state index contributed by atoms with van der Waals surface area (Å²) in [6.07, 6.45) is 0. The Balaban J connectivity index is 1.88. The molecular formula is C16H15NO5S. The number of primary amides is 1. The summed E-state index contributed by atoms with van der Waals surface area (Å²) in [5.74, 6) is -1.02. The number of thiophene rings is 1. The molecule has 0 saturated heterocycles. The van der Waals surface area contributed by atoms with Gasteiger partial charge >= 0.3 is 5.97 Å². The first kappa shape index (κ1) is 16.7. The summed E-state index contributed by atoms with van der Waals surface area (Å²) in [5, 5.41) is 0. The lowest BCUT2D eigenvalue weighted by atomic mass is 10.2. The van der Waals surface area contributed by atoms with Gasteiger partial charge in [-0.05, 0) is 43.3 Å². The van der Waals surface area contributed by atoms with Crippen molar-refractivity contribution in [3.05, 3.63) is 51.7 Å². The van der Waals surface area contributed by atoms with Crippen LogP contribution in [-0.2, 0) is 9.53 Å². The van der Waals surface area contributed by atoms with Crippen LogP contribution in [0.15, 0.2) is 36.4 Å². The van der Waals surface area contributed by atoms with Crippen LogP contribution in [0.5, 0.6) is 5.75 Å². The molecular weight excluding hydrogens is 318 g/mol. The predicted molar refractivity (Wildman–Crippen MR) is 84.8 cm³/mol. The Hall–Kier alpha value is -2.67. The molecule has 1 aromatic carbocycles. The minimum atomic E-state index is -0.604. The number of hydrogen-bond acceptors (Lipinski definition) is 6. The van der Waals surface area contributed by atoms with Crippen molar-refractivity contribution >= 4 is 29.0 Å². The van der Waals surface area contributed by atoms with E-state index in [0.29, 0.717) is 10.6 Å². The van der Waals surface area contributed by atoms with Crippen molar-refractivity contribution in [1.29, 1.82) is 0 Å². The summed E-state index contributed by atoms with van der Waals surface area (Å²) >= 11 is 1.36. The molecule has 0 aliphatic heterocycles. The van der Waals surface area contributed by atoms with Crippen molar-refractivity contribution in [3.8, 4) is 5.75 Å². The molecule has 120 valence electrons. The molecule has 1 aromatic heterocycles. The monoisotopic (exact) mass is 333 g/mol. The number of hydrogen-bond donors (Lipinski definition) is 1. The topological polar surface area (TPSA) is 95.7 Å². The van der Waals surface area contributed by atoms with E-state index in [-0.39, 0.29) is 24.6 Å². The highest BCUT2D eigenvalue weighted by Gasteiger charge is 2.13. The van der Waals surface area contributed by atoms with E-state index in [1.807, 2.05) is 13.0 Å². The maximum Gasteiger partial charge on any atom is 0.338 e. The van der Waals surface area contributed by atoms with Gasteiger partial charge < -0.3 is 15.2 Å². The predicted octanol–water partition coefficient (Wildman–Crippen LogP) is 1.96. The summed E-state index contributed by atoms with van der Waals surface area (Å²) in [6.45, 7) is 1.35. The number of amides is 1. The Morgan fingerprint density at radius 3 is 2.30 bits per heavy atom. The van der Waals surface area contributed by atoms with Gasteiger partial charge in [0.25, 0.3) is 5.91 Å². The number of rotatable bonds is 7. The van der Waals surface area contributed by atoms with E-state index in [2.05, 4.69) is 0 Å². The number of Topliss-reactive ketones (excluding diaryl/α,β-unsaturated/α-hetero) is 1. The Bertz CT molecular complexity index is 720. The van der Waals surface area contributed by atoms with Crippen LogP contribution < -0.4 is 10.5 Å². The highest BCUT2D eigenvalue weighted by atomic mass is 32.1. The lowest BCUT2D eigenvalue weighted by molar-refractivity contribution is -0.119. The van der Waals surface area contributed by atoms with Crippen molar-refractivity contribution in [2.24, 2.45) is 5.73 Å². The highest BCUT2D eigenvalue weighted by Crippen LogP contribution is 2.16. The molecule has 23 heavy (non-hydrogen) atoms. The quantitative estimate of drug-likeness (QED) is 0.617. The van der Waals surface area contributed by atoms with Gasteiger partial charge in [-0.15, -0.1) is 11.3 Å². The largest absolute Gasteiger partial charge is 0.484 e. The summed E-state index contributed by atoms with van der Waals surface area (Å²) in [6, 6.07) is 9.55. The van der Waals surface area contributed by atoms with E-state index in [0.717, 1.165) is 4.88 Å². The minimum Gasteiger partial charge on any atom is -0.484 e. The van der Waals surface area contributed by atoms with Crippen molar-refractivity contribution in [2.75, 3.05) is 13.2 Å². The summed E-state index contributed by atoms with van der Waals surface area (Å²) in [4.78, 5) is 35.9. The number of nitrogens with two attached hydrogens (primary N) is 1. The van der Waals surface area contributed by atoms with Crippen molar-refractivity contribution in [2.45, 2.75) is 6.92 Å². The van der Waals surface area contributed by atoms with E-state index in [4.69, 9.17) is 15.2 Å². The lowest BCUT2D eigenvalue weighted by Gasteiger charge is -2.06. The normalized spacial score (nSPS) is 10.1. The molecule has 7 heteroatoms. The van der Waals surface area contributed by atoms with Gasteiger partial charge in [-0.25, -0.2) is 4.79 Å². The van der Waals surface area contributed by atoms with Gasteiger partial charge in [0, 0.05) is 4.88 Å². The second-order valence-electron chi connectivity index (χ2n) is 4.69. The molecule has 6 nitrogen and oxygen atoms in total. The average molecular weight is 333 g/mol. The molecule has 0 saturated carbocycles. The molecule has 2 N–H and O–H groups in total. The van der Waals surface area contributed by atoms with E-state index in [1.165, 1.54) is 35.6 Å². The van der Waals surface area contributed by atoms with Crippen LogP contribution >= 0.6 is 11.3 Å². The van der Waals surface area contributed by atoms with Gasteiger partial charge in [-0.2, -0.15) is 0 Å². The standard InChI is InChI=1S/C16H15NO5S/c1-10-2-7-14(23-10)13(18)8-22-16(20)11-3-5-12(6-4-11)21-9-15(17)19/h2-7H,8-9H2,1H3,(H2,17,19). The Labute approximate surface area is 136 Å². The van der Waals surface area contributed by atoms with Crippen LogP contribution in [0, 0.1) is 6.92 Å². The fourth-order valence-corrected chi connectivity index (χ4v) is 2.50. The van der Waals surface area contributed by atoms with Gasteiger partial charge in [-0.1, -0.05) is 0 Å². The first-order chi connectivity index (χ1) is 11.0. The second kappa shape index (κ2) is 7.55. The van der Waals surface area contributed by atoms with Crippen LogP contribution in [0.1, 0.15) is 24.9 Å². The van der Waals surface area contributed by atoms with Gasteiger partial charge in [0.2, 0.25) is 5.78 Å². The summed E-state index contributed by atoms with van der Waals surface area (Å²) in [7, 11) is 0. The van der Waals surface area contributed by atoms with E-state index < -0.39 is 11.9 Å². The maximum atomic E-state index is 11.9. The van der Waals surface area contributed by atoms with Gasteiger partial charge in [0.05, 0.1) is 10.4 Å². The molecule has 1 heterocycles. The average Bonchev–Trinajstić information content (AvgIpc) is 2.97. The zero-order valence-corrected chi connectivity index (χ0v) is 13.2. The Morgan fingerprint density at radius 2 is 1.74 bits per heavy atom. The third-order valence-electron chi connectivity index (χ3n) is 2.82. The van der Waals surface area contributed by atoms with Crippen LogP contribution in [0.2, 0.25) is 0 Å². The fourth-order valence-electron chi connectivity index (χ4n) is 1.71. The first-order valence-corrected chi connectivity index (χ1v) is 7.55. The second-order valence-corrected chi connectivity index (χ2v) is 5.98. The van der Waals surface area contributed by atoms with Crippen LogP contribution in [0.25, 0.3) is 0 Å². The van der Waals surface area contributed by atoms with E-state index >= 15 is 0 Å². The molecule has 0 radical (unpaired) electrons. The van der Waals surface area contributed by atoms with Gasteiger partial charge in [-0.3, -0.25) is 9.59 Å². The number of ether oxygens (including phenoxy) is 2. The zero-order valence-electron chi connectivity index (χ0n) is 12.4. The molecule has 0 spiro atoms. The SMILES string of the molecule is Cc1ccc(C(=O)COC(=O)c2ccc(OCC(N)=O)cc2)s1. The third kappa shape index (κ3) is 4.93. The van der Waals surface area contributed by atoms with Crippen molar-refractivity contribution in [1.82, 2.24) is 0 Å². The lowest BCUT2D eigenvalue weighted by Crippen LogP contribution is -2.20. The maximum absolute atomic E-state index is 11.9. The van der Waals surface area contributed by atoms with Crippen LogP contribution in [-0.4, -0.2) is 30.9 Å². The molecule has 0 aliphatic rings. The highest BCUT2D eigenvalue weighted by molar-refractivity contribution is 7.14. The molecule has 0 bridgehead atoms. The molecule has 0 aliphatic carbocycles. The summed E-state index contributed by atoms with van der Waals surface area (Å²) in [5.41, 5.74) is 5.25.